The van der Waals surface area contributed by atoms with Crippen molar-refractivity contribution in [3.8, 4) is 0 Å². The lowest BCUT2D eigenvalue weighted by Crippen LogP contribution is -2.10. The van der Waals surface area contributed by atoms with E-state index in [2.05, 4.69) is 23.8 Å². The number of aryl methyl sites for hydroxylation is 2. The minimum Gasteiger partial charge on any atom is -0.368 e. The molecule has 1 heterocycles. The highest BCUT2D eigenvalue weighted by Crippen LogP contribution is 2.19. The quantitative estimate of drug-likeness (QED) is 0.476. The Kier molecular flexibility index (Phi) is 9.40. The number of halogens is 1. The SMILES string of the molecule is CCCCCCCCCc1c(CC)nc(N)nc1CCCl. The van der Waals surface area contributed by atoms with E-state index in [0.29, 0.717) is 11.8 Å². The minimum atomic E-state index is 0.385. The summed E-state index contributed by atoms with van der Waals surface area (Å²) in [6.45, 7) is 4.38. The predicted molar refractivity (Wildman–Crippen MR) is 91.9 cm³/mol. The summed E-state index contributed by atoms with van der Waals surface area (Å²) < 4.78 is 0. The van der Waals surface area contributed by atoms with Gasteiger partial charge in [0.15, 0.2) is 0 Å². The largest absolute Gasteiger partial charge is 0.368 e. The Bertz CT molecular complexity index is 407. The normalized spacial score (nSPS) is 11.0. The van der Waals surface area contributed by atoms with Gasteiger partial charge in [-0.25, -0.2) is 9.97 Å². The highest BCUT2D eigenvalue weighted by molar-refractivity contribution is 6.17. The first-order valence-corrected chi connectivity index (χ1v) is 8.96. The van der Waals surface area contributed by atoms with Crippen molar-refractivity contribution in [3.63, 3.8) is 0 Å². The molecule has 0 bridgehead atoms. The summed E-state index contributed by atoms with van der Waals surface area (Å²) >= 11 is 5.89. The van der Waals surface area contributed by atoms with Crippen LogP contribution in [0, 0.1) is 0 Å². The van der Waals surface area contributed by atoms with Gasteiger partial charge in [-0.1, -0.05) is 52.4 Å². The van der Waals surface area contributed by atoms with E-state index in [1.165, 1.54) is 50.5 Å². The summed E-state index contributed by atoms with van der Waals surface area (Å²) in [6.07, 6.45) is 12.0. The van der Waals surface area contributed by atoms with E-state index in [1.807, 2.05) is 0 Å². The summed E-state index contributed by atoms with van der Waals surface area (Å²) in [5, 5.41) is 0. The molecule has 0 aliphatic heterocycles. The number of anilines is 1. The molecule has 0 aliphatic rings. The lowest BCUT2D eigenvalue weighted by atomic mass is 10.00. The molecule has 0 radical (unpaired) electrons. The third kappa shape index (κ3) is 6.64. The summed E-state index contributed by atoms with van der Waals surface area (Å²) in [6, 6.07) is 0. The third-order valence-corrected chi connectivity index (χ3v) is 4.08. The van der Waals surface area contributed by atoms with E-state index in [-0.39, 0.29) is 0 Å². The molecule has 0 amide bonds. The molecule has 0 aliphatic carbocycles. The van der Waals surface area contributed by atoms with E-state index in [0.717, 1.165) is 30.7 Å². The van der Waals surface area contributed by atoms with Crippen LogP contribution in [-0.4, -0.2) is 15.8 Å². The van der Waals surface area contributed by atoms with Crippen molar-refractivity contribution in [2.75, 3.05) is 11.6 Å². The molecule has 1 aromatic heterocycles. The van der Waals surface area contributed by atoms with Crippen molar-refractivity contribution in [1.29, 1.82) is 0 Å². The summed E-state index contributed by atoms with van der Waals surface area (Å²) in [5.74, 6) is 0.971. The first-order valence-electron chi connectivity index (χ1n) is 8.43. The second-order valence-corrected chi connectivity index (χ2v) is 6.00. The maximum Gasteiger partial charge on any atom is 0.220 e. The molecule has 1 rings (SSSR count). The number of hydrogen-bond acceptors (Lipinski definition) is 3. The fraction of sp³-hybridized carbons (Fsp3) is 0.765. The van der Waals surface area contributed by atoms with Gasteiger partial charge < -0.3 is 5.73 Å². The van der Waals surface area contributed by atoms with E-state index in [1.54, 1.807) is 0 Å². The standard InChI is InChI=1S/C17H30ClN3/c1-3-5-6-7-8-9-10-11-14-15(4-2)20-17(19)21-16(14)12-13-18/h3-13H2,1-2H3,(H2,19,20,21). The number of nitrogens with zero attached hydrogens (tertiary/aromatic N) is 2. The van der Waals surface area contributed by atoms with Crippen LogP contribution in [0.1, 0.15) is 75.7 Å². The van der Waals surface area contributed by atoms with Crippen molar-refractivity contribution in [1.82, 2.24) is 9.97 Å². The lowest BCUT2D eigenvalue weighted by Gasteiger charge is -2.13. The molecule has 0 unspecified atom stereocenters. The van der Waals surface area contributed by atoms with Gasteiger partial charge in [-0.2, -0.15) is 0 Å². The number of nitrogens with two attached hydrogens (primary N) is 1. The first-order chi connectivity index (χ1) is 10.2. The van der Waals surface area contributed by atoms with Gasteiger partial charge in [0.2, 0.25) is 5.95 Å². The summed E-state index contributed by atoms with van der Waals surface area (Å²) in [4.78, 5) is 8.79. The Morgan fingerprint density at radius 3 is 2.10 bits per heavy atom. The molecule has 0 fully saturated rings. The molecule has 120 valence electrons. The van der Waals surface area contributed by atoms with Gasteiger partial charge >= 0.3 is 0 Å². The molecule has 0 saturated heterocycles. The fourth-order valence-electron chi connectivity index (χ4n) is 2.74. The molecule has 21 heavy (non-hydrogen) atoms. The molecule has 3 nitrogen and oxygen atoms in total. The summed E-state index contributed by atoms with van der Waals surface area (Å²) in [7, 11) is 0. The number of aromatic nitrogens is 2. The Morgan fingerprint density at radius 2 is 1.48 bits per heavy atom. The monoisotopic (exact) mass is 311 g/mol. The van der Waals surface area contributed by atoms with Crippen molar-refractivity contribution in [2.24, 2.45) is 0 Å². The van der Waals surface area contributed by atoms with Crippen molar-refractivity contribution >= 4 is 17.5 Å². The highest BCUT2D eigenvalue weighted by Gasteiger charge is 2.11. The van der Waals surface area contributed by atoms with Crippen LogP contribution in [-0.2, 0) is 19.3 Å². The minimum absolute atomic E-state index is 0.385. The molecule has 2 N–H and O–H groups in total. The average molecular weight is 312 g/mol. The summed E-state index contributed by atoms with van der Waals surface area (Å²) in [5.41, 5.74) is 9.25. The van der Waals surface area contributed by atoms with Crippen LogP contribution in [0.15, 0.2) is 0 Å². The van der Waals surface area contributed by atoms with Crippen molar-refractivity contribution in [2.45, 2.75) is 78.1 Å². The third-order valence-electron chi connectivity index (χ3n) is 3.89. The van der Waals surface area contributed by atoms with E-state index < -0.39 is 0 Å². The van der Waals surface area contributed by atoms with Crippen molar-refractivity contribution in [3.05, 3.63) is 17.0 Å². The first kappa shape index (κ1) is 18.2. The van der Waals surface area contributed by atoms with Gasteiger partial charge in [-0.15, -0.1) is 11.6 Å². The fourth-order valence-corrected chi connectivity index (χ4v) is 2.92. The topological polar surface area (TPSA) is 51.8 Å². The Balaban J connectivity index is 2.52. The second-order valence-electron chi connectivity index (χ2n) is 5.62. The predicted octanol–water partition coefficient (Wildman–Crippen LogP) is 4.70. The maximum atomic E-state index is 5.89. The van der Waals surface area contributed by atoms with Gasteiger partial charge in [0.1, 0.15) is 0 Å². The Morgan fingerprint density at radius 1 is 0.857 bits per heavy atom. The number of nitrogen functional groups attached to an aromatic ring is 1. The molecule has 0 atom stereocenters. The molecule has 0 saturated carbocycles. The average Bonchev–Trinajstić information content (AvgIpc) is 2.48. The number of hydrogen-bond donors (Lipinski definition) is 1. The number of rotatable bonds is 11. The molecule has 0 aromatic carbocycles. The van der Waals surface area contributed by atoms with Gasteiger partial charge in [-0.05, 0) is 24.8 Å². The zero-order chi connectivity index (χ0) is 15.5. The zero-order valence-electron chi connectivity index (χ0n) is 13.6. The van der Waals surface area contributed by atoms with Crippen LogP contribution in [0.5, 0.6) is 0 Å². The number of alkyl halides is 1. The van der Waals surface area contributed by atoms with E-state index in [9.17, 15) is 0 Å². The molecule has 4 heteroatoms. The Hall–Kier alpha value is -0.830. The Labute approximate surface area is 134 Å². The maximum absolute atomic E-state index is 5.89. The van der Waals surface area contributed by atoms with Crippen LogP contribution in [0.3, 0.4) is 0 Å². The molecule has 1 aromatic rings. The van der Waals surface area contributed by atoms with E-state index in [4.69, 9.17) is 17.3 Å². The van der Waals surface area contributed by atoms with Crippen LogP contribution in [0.25, 0.3) is 0 Å². The van der Waals surface area contributed by atoms with Gasteiger partial charge in [0, 0.05) is 18.0 Å². The van der Waals surface area contributed by atoms with E-state index >= 15 is 0 Å². The molecular weight excluding hydrogens is 282 g/mol. The molecule has 0 spiro atoms. The zero-order valence-corrected chi connectivity index (χ0v) is 14.4. The molecular formula is C17H30ClN3. The highest BCUT2D eigenvalue weighted by atomic mass is 35.5. The van der Waals surface area contributed by atoms with Gasteiger partial charge in [0.25, 0.3) is 0 Å². The smallest absolute Gasteiger partial charge is 0.220 e. The van der Waals surface area contributed by atoms with Crippen LogP contribution in [0.4, 0.5) is 5.95 Å². The van der Waals surface area contributed by atoms with Gasteiger partial charge in [-0.3, -0.25) is 0 Å². The van der Waals surface area contributed by atoms with Crippen LogP contribution in [0.2, 0.25) is 0 Å². The van der Waals surface area contributed by atoms with Crippen molar-refractivity contribution < 1.29 is 0 Å². The van der Waals surface area contributed by atoms with Crippen LogP contribution < -0.4 is 5.73 Å². The second kappa shape index (κ2) is 10.8. The van der Waals surface area contributed by atoms with Gasteiger partial charge in [0.05, 0.1) is 5.69 Å². The lowest BCUT2D eigenvalue weighted by molar-refractivity contribution is 0.587. The number of unbranched alkanes of at least 4 members (excludes halogenated alkanes) is 6. The van der Waals surface area contributed by atoms with Crippen LogP contribution >= 0.6 is 11.6 Å².